The Bertz CT molecular complexity index is 327. The van der Waals surface area contributed by atoms with Gasteiger partial charge in [-0.05, 0) is 35.6 Å². The van der Waals surface area contributed by atoms with E-state index < -0.39 is 12.0 Å². The lowest BCUT2D eigenvalue weighted by atomic mass is 10.3. The van der Waals surface area contributed by atoms with Gasteiger partial charge >= 0.3 is 5.97 Å². The Morgan fingerprint density at radius 3 is 3.00 bits per heavy atom. The van der Waals surface area contributed by atoms with Gasteiger partial charge in [0.1, 0.15) is 6.04 Å². The highest BCUT2D eigenvalue weighted by Gasteiger charge is 2.16. The van der Waals surface area contributed by atoms with Crippen LogP contribution < -0.4 is 5.32 Å². The molecule has 6 heteroatoms. The molecule has 1 rings (SSSR count). The van der Waals surface area contributed by atoms with Crippen LogP contribution in [0.5, 0.6) is 0 Å². The summed E-state index contributed by atoms with van der Waals surface area (Å²) in [5.74, 6) is -0.839. The molecule has 0 aliphatic carbocycles. The molecule has 2 N–H and O–H groups in total. The number of aromatic nitrogens is 2. The lowest BCUT2D eigenvalue weighted by Crippen LogP contribution is -2.40. The van der Waals surface area contributed by atoms with Crippen molar-refractivity contribution in [1.82, 2.24) is 15.1 Å². The molecule has 1 aromatic heterocycles. The summed E-state index contributed by atoms with van der Waals surface area (Å²) in [5, 5.41) is 16.0. The molecule has 1 atom stereocenters. The topological polar surface area (TPSA) is 67.2 Å². The molecule has 1 heterocycles. The maximum Gasteiger partial charge on any atom is 0.322 e. The number of hydrogen-bond donors (Lipinski definition) is 2. The number of hydrogen-bond acceptors (Lipinski definition) is 3. The second kappa shape index (κ2) is 6.06. The standard InChI is InChI=1S/C9H14IN3O2/c1-2-3-11-8(9(14)15)6-13-5-7(10)4-12-13/h4-5,8,11H,2-3,6H2,1H3,(H,14,15). The Balaban J connectivity index is 2.54. The molecule has 0 spiro atoms. The second-order valence-corrected chi connectivity index (χ2v) is 4.47. The van der Waals surface area contributed by atoms with Gasteiger partial charge in [-0.2, -0.15) is 5.10 Å². The molecule has 1 aromatic rings. The first-order valence-corrected chi connectivity index (χ1v) is 5.85. The number of aliphatic carboxylic acids is 1. The fourth-order valence-electron chi connectivity index (χ4n) is 1.17. The third-order valence-electron chi connectivity index (χ3n) is 1.91. The van der Waals surface area contributed by atoms with E-state index in [0.717, 1.165) is 9.99 Å². The van der Waals surface area contributed by atoms with Gasteiger partial charge in [-0.15, -0.1) is 0 Å². The van der Waals surface area contributed by atoms with E-state index in [4.69, 9.17) is 5.11 Å². The van der Waals surface area contributed by atoms with Gasteiger partial charge in [-0.3, -0.25) is 9.48 Å². The molecule has 0 radical (unpaired) electrons. The van der Waals surface area contributed by atoms with Crippen molar-refractivity contribution < 1.29 is 9.90 Å². The average Bonchev–Trinajstić information content (AvgIpc) is 2.58. The average molecular weight is 323 g/mol. The van der Waals surface area contributed by atoms with Gasteiger partial charge in [0.2, 0.25) is 0 Å². The number of rotatable bonds is 6. The summed E-state index contributed by atoms with van der Waals surface area (Å²) < 4.78 is 2.65. The van der Waals surface area contributed by atoms with Gasteiger partial charge in [0.25, 0.3) is 0 Å². The number of carboxylic acid groups (broad SMARTS) is 1. The molecule has 0 bridgehead atoms. The Morgan fingerprint density at radius 2 is 2.53 bits per heavy atom. The first kappa shape index (κ1) is 12.4. The Kier molecular flexibility index (Phi) is 5.03. The zero-order chi connectivity index (χ0) is 11.3. The molecule has 0 saturated heterocycles. The summed E-state index contributed by atoms with van der Waals surface area (Å²) in [7, 11) is 0. The van der Waals surface area contributed by atoms with Crippen LogP contribution in [0.25, 0.3) is 0 Å². The van der Waals surface area contributed by atoms with E-state index in [1.807, 2.05) is 13.1 Å². The summed E-state index contributed by atoms with van der Waals surface area (Å²) in [6, 6.07) is -0.569. The number of halogens is 1. The maximum absolute atomic E-state index is 10.9. The summed E-state index contributed by atoms with van der Waals surface area (Å²) >= 11 is 2.14. The third-order valence-corrected chi connectivity index (χ3v) is 2.47. The predicted molar refractivity (Wildman–Crippen MR) is 64.7 cm³/mol. The zero-order valence-corrected chi connectivity index (χ0v) is 10.6. The Labute approximate surface area is 102 Å². The van der Waals surface area contributed by atoms with Crippen LogP contribution in [0.1, 0.15) is 13.3 Å². The van der Waals surface area contributed by atoms with Gasteiger partial charge in [0.15, 0.2) is 0 Å². The fraction of sp³-hybridized carbons (Fsp3) is 0.556. The van der Waals surface area contributed by atoms with Gasteiger partial charge in [0.05, 0.1) is 16.3 Å². The van der Waals surface area contributed by atoms with Crippen molar-refractivity contribution in [3.8, 4) is 0 Å². The minimum atomic E-state index is -0.839. The highest BCUT2D eigenvalue weighted by molar-refractivity contribution is 14.1. The van der Waals surface area contributed by atoms with Crippen molar-refractivity contribution in [2.75, 3.05) is 6.54 Å². The van der Waals surface area contributed by atoms with Crippen molar-refractivity contribution in [1.29, 1.82) is 0 Å². The summed E-state index contributed by atoms with van der Waals surface area (Å²) in [5.41, 5.74) is 0. The van der Waals surface area contributed by atoms with Crippen molar-refractivity contribution in [3.05, 3.63) is 16.0 Å². The third kappa shape index (κ3) is 4.17. The Morgan fingerprint density at radius 1 is 1.80 bits per heavy atom. The molecular formula is C9H14IN3O2. The molecule has 0 aliphatic rings. The highest BCUT2D eigenvalue weighted by Crippen LogP contribution is 2.02. The van der Waals surface area contributed by atoms with Gasteiger partial charge < -0.3 is 10.4 Å². The van der Waals surface area contributed by atoms with Crippen molar-refractivity contribution in [3.63, 3.8) is 0 Å². The largest absolute Gasteiger partial charge is 0.480 e. The van der Waals surface area contributed by atoms with E-state index in [-0.39, 0.29) is 0 Å². The number of carbonyl (C=O) groups is 1. The molecule has 0 aliphatic heterocycles. The van der Waals surface area contributed by atoms with E-state index >= 15 is 0 Å². The molecule has 84 valence electrons. The van der Waals surface area contributed by atoms with Crippen LogP contribution in [0.2, 0.25) is 0 Å². The van der Waals surface area contributed by atoms with E-state index in [0.29, 0.717) is 13.1 Å². The molecule has 0 amide bonds. The lowest BCUT2D eigenvalue weighted by molar-refractivity contribution is -0.139. The molecule has 1 unspecified atom stereocenters. The lowest BCUT2D eigenvalue weighted by Gasteiger charge is -2.13. The van der Waals surface area contributed by atoms with Crippen LogP contribution in [-0.4, -0.2) is 33.4 Å². The monoisotopic (exact) mass is 323 g/mol. The molecule has 15 heavy (non-hydrogen) atoms. The minimum absolute atomic E-state index is 0.359. The molecule has 0 aromatic carbocycles. The number of nitrogens with zero attached hydrogens (tertiary/aromatic N) is 2. The molecule has 5 nitrogen and oxygen atoms in total. The van der Waals surface area contributed by atoms with Crippen molar-refractivity contribution in [2.24, 2.45) is 0 Å². The molecule has 0 fully saturated rings. The van der Waals surface area contributed by atoms with Crippen LogP contribution in [0.3, 0.4) is 0 Å². The van der Waals surface area contributed by atoms with Crippen molar-refractivity contribution >= 4 is 28.6 Å². The summed E-state index contributed by atoms with van der Waals surface area (Å²) in [6.07, 6.45) is 4.45. The van der Waals surface area contributed by atoms with Gasteiger partial charge in [-0.25, -0.2) is 0 Å². The first-order chi connectivity index (χ1) is 7.13. The SMILES string of the molecule is CCCNC(Cn1cc(I)cn1)C(=O)O. The van der Waals surface area contributed by atoms with Gasteiger partial charge in [0, 0.05) is 6.20 Å². The van der Waals surface area contributed by atoms with Crippen LogP contribution in [0.4, 0.5) is 0 Å². The van der Waals surface area contributed by atoms with E-state index in [1.165, 1.54) is 0 Å². The number of nitrogens with one attached hydrogen (secondary N) is 1. The van der Waals surface area contributed by atoms with E-state index in [1.54, 1.807) is 10.9 Å². The first-order valence-electron chi connectivity index (χ1n) is 4.77. The summed E-state index contributed by atoms with van der Waals surface area (Å²) in [4.78, 5) is 10.9. The zero-order valence-electron chi connectivity index (χ0n) is 8.48. The van der Waals surface area contributed by atoms with Crippen LogP contribution in [-0.2, 0) is 11.3 Å². The van der Waals surface area contributed by atoms with Crippen LogP contribution in [0, 0.1) is 3.57 Å². The van der Waals surface area contributed by atoms with E-state index in [9.17, 15) is 4.79 Å². The minimum Gasteiger partial charge on any atom is -0.480 e. The second-order valence-electron chi connectivity index (χ2n) is 3.23. The molecular weight excluding hydrogens is 309 g/mol. The molecule has 0 saturated carbocycles. The van der Waals surface area contributed by atoms with Crippen LogP contribution >= 0.6 is 22.6 Å². The Hall–Kier alpha value is -0.630. The predicted octanol–water partition coefficient (Wildman–Crippen LogP) is 0.940. The maximum atomic E-state index is 10.9. The van der Waals surface area contributed by atoms with Crippen LogP contribution in [0.15, 0.2) is 12.4 Å². The number of carboxylic acids is 1. The van der Waals surface area contributed by atoms with Gasteiger partial charge in [-0.1, -0.05) is 6.92 Å². The summed E-state index contributed by atoms with van der Waals surface area (Å²) in [6.45, 7) is 3.07. The smallest absolute Gasteiger partial charge is 0.322 e. The van der Waals surface area contributed by atoms with Crippen molar-refractivity contribution in [2.45, 2.75) is 25.9 Å². The van der Waals surface area contributed by atoms with E-state index in [2.05, 4.69) is 33.0 Å². The highest BCUT2D eigenvalue weighted by atomic mass is 127. The quantitative estimate of drug-likeness (QED) is 0.765. The fourth-order valence-corrected chi connectivity index (χ4v) is 1.62. The normalized spacial score (nSPS) is 12.7.